The summed E-state index contributed by atoms with van der Waals surface area (Å²) in [6.45, 7) is 11.9. The summed E-state index contributed by atoms with van der Waals surface area (Å²) in [5.41, 5.74) is 0.0306. The van der Waals surface area contributed by atoms with Crippen LogP contribution in [-0.4, -0.2) is 57.4 Å². The third-order valence-corrected chi connectivity index (χ3v) is 5.73. The lowest BCUT2D eigenvalue weighted by Crippen LogP contribution is -2.40. The lowest BCUT2D eigenvalue weighted by molar-refractivity contribution is 0.0290. The molecule has 2 aromatic rings. The smallest absolute Gasteiger partial charge is 0.416 e. The molecule has 0 spiro atoms. The highest BCUT2D eigenvalue weighted by Crippen LogP contribution is 2.36. The number of amides is 2. The average Bonchev–Trinajstić information content (AvgIpc) is 3.21. The van der Waals surface area contributed by atoms with Gasteiger partial charge >= 0.3 is 12.2 Å². The summed E-state index contributed by atoms with van der Waals surface area (Å²) in [5, 5.41) is 13.5. The van der Waals surface area contributed by atoms with Gasteiger partial charge in [0, 0.05) is 40.1 Å². The zero-order valence-corrected chi connectivity index (χ0v) is 20.9. The van der Waals surface area contributed by atoms with Gasteiger partial charge in [-0.25, -0.2) is 14.2 Å². The van der Waals surface area contributed by atoms with Gasteiger partial charge in [-0.1, -0.05) is 36.7 Å². The monoisotopic (exact) mass is 507 g/mol. The van der Waals surface area contributed by atoms with Gasteiger partial charge in [0.15, 0.2) is 0 Å². The molecule has 0 aliphatic carbocycles. The number of fused-ring (bicyclic) bond motifs is 1. The molecule has 174 valence electrons. The molecule has 2 N–H and O–H groups in total. The van der Waals surface area contributed by atoms with E-state index in [-0.39, 0.29) is 11.9 Å². The number of rotatable bonds is 2. The molecule has 1 aromatic heterocycles. The van der Waals surface area contributed by atoms with Crippen molar-refractivity contribution in [3.63, 3.8) is 0 Å². The number of nitrogens with zero attached hydrogens (tertiary/aromatic N) is 2. The summed E-state index contributed by atoms with van der Waals surface area (Å²) in [5.74, 6) is -0.353. The first kappa shape index (κ1) is 24.1. The van der Waals surface area contributed by atoms with Crippen LogP contribution in [0.1, 0.15) is 64.0 Å². The van der Waals surface area contributed by atoms with Gasteiger partial charge in [-0.3, -0.25) is 4.79 Å². The second-order valence-corrected chi connectivity index (χ2v) is 11.1. The minimum absolute atomic E-state index is 0.252. The third kappa shape index (κ3) is 4.92. The van der Waals surface area contributed by atoms with Crippen molar-refractivity contribution in [2.45, 2.75) is 65.0 Å². The van der Waals surface area contributed by atoms with Crippen LogP contribution in [-0.2, 0) is 10.2 Å². The second-order valence-electron chi connectivity index (χ2n) is 10.1. The second kappa shape index (κ2) is 8.42. The molecule has 0 radical (unpaired) electrons. The van der Waals surface area contributed by atoms with Crippen LogP contribution in [0, 0.1) is 0 Å². The molecule has 1 aliphatic rings. The van der Waals surface area contributed by atoms with E-state index in [1.807, 2.05) is 41.5 Å². The minimum Gasteiger partial charge on any atom is -0.464 e. The van der Waals surface area contributed by atoms with Gasteiger partial charge in [-0.15, -0.1) is 0 Å². The third-order valence-electron chi connectivity index (χ3n) is 5.23. The van der Waals surface area contributed by atoms with E-state index in [0.29, 0.717) is 41.7 Å². The summed E-state index contributed by atoms with van der Waals surface area (Å²) in [6, 6.07) is 4.96. The Bertz CT molecular complexity index is 1080. The molecular weight excluding hydrogens is 478 g/mol. The van der Waals surface area contributed by atoms with E-state index in [1.54, 1.807) is 23.1 Å². The molecule has 3 rings (SSSR count). The van der Waals surface area contributed by atoms with E-state index < -0.39 is 23.2 Å². The number of aromatic nitrogens is 1. The van der Waals surface area contributed by atoms with Crippen molar-refractivity contribution < 1.29 is 24.2 Å². The molecule has 0 saturated carbocycles. The molecule has 1 unspecified atom stereocenters. The molecule has 9 heteroatoms. The number of nitrogens with one attached hydrogen (secondary N) is 1. The van der Waals surface area contributed by atoms with Crippen molar-refractivity contribution in [2.24, 2.45) is 0 Å². The van der Waals surface area contributed by atoms with Crippen molar-refractivity contribution in [2.75, 3.05) is 13.1 Å². The molecule has 1 fully saturated rings. The fourth-order valence-corrected chi connectivity index (χ4v) is 4.39. The number of hydrogen-bond donors (Lipinski definition) is 2. The van der Waals surface area contributed by atoms with E-state index in [9.17, 15) is 19.5 Å². The minimum atomic E-state index is -1.14. The van der Waals surface area contributed by atoms with Crippen molar-refractivity contribution in [3.8, 4) is 0 Å². The Morgan fingerprint density at radius 3 is 2.38 bits per heavy atom. The molecule has 1 saturated heterocycles. The van der Waals surface area contributed by atoms with Crippen LogP contribution >= 0.6 is 15.9 Å². The normalized spacial score (nSPS) is 17.0. The average molecular weight is 508 g/mol. The zero-order chi connectivity index (χ0) is 24.0. The van der Waals surface area contributed by atoms with Gasteiger partial charge in [0.1, 0.15) is 5.60 Å². The molecule has 8 nitrogen and oxygen atoms in total. The van der Waals surface area contributed by atoms with Crippen LogP contribution in [0.25, 0.3) is 10.9 Å². The Kier molecular flexibility index (Phi) is 6.34. The van der Waals surface area contributed by atoms with Crippen LogP contribution < -0.4 is 5.32 Å². The van der Waals surface area contributed by atoms with Gasteiger partial charge < -0.3 is 20.1 Å². The highest BCUT2D eigenvalue weighted by molar-refractivity contribution is 9.10. The summed E-state index contributed by atoms with van der Waals surface area (Å²) >= 11 is 3.43. The number of likely N-dealkylation sites (tertiary alicyclic amines) is 1. The number of carboxylic acid groups (broad SMARTS) is 1. The molecule has 1 atom stereocenters. The Morgan fingerprint density at radius 2 is 1.81 bits per heavy atom. The van der Waals surface area contributed by atoms with Crippen LogP contribution in [0.5, 0.6) is 0 Å². The summed E-state index contributed by atoms with van der Waals surface area (Å²) in [6.07, 6.45) is -0.953. The fraction of sp³-hybridized carbons (Fsp3) is 0.522. The molecule has 0 bridgehead atoms. The topological polar surface area (TPSA) is 101 Å². The summed E-state index contributed by atoms with van der Waals surface area (Å²) < 4.78 is 7.37. The lowest BCUT2D eigenvalue weighted by Gasteiger charge is -2.24. The quantitative estimate of drug-likeness (QED) is 0.597. The predicted molar refractivity (Wildman–Crippen MR) is 125 cm³/mol. The maximum Gasteiger partial charge on any atom is 0.416 e. The molecule has 1 aromatic carbocycles. The van der Waals surface area contributed by atoms with Gasteiger partial charge in [0.05, 0.1) is 11.1 Å². The number of benzene rings is 1. The largest absolute Gasteiger partial charge is 0.464 e. The van der Waals surface area contributed by atoms with Crippen LogP contribution in [0.4, 0.5) is 9.59 Å². The Hall–Kier alpha value is -2.55. The fourth-order valence-electron chi connectivity index (χ4n) is 4.03. The zero-order valence-electron chi connectivity index (χ0n) is 19.3. The highest BCUT2D eigenvalue weighted by atomic mass is 79.9. The predicted octanol–water partition coefficient (Wildman–Crippen LogP) is 4.97. The number of hydrogen-bond acceptors (Lipinski definition) is 4. The first-order chi connectivity index (χ1) is 14.7. The number of carbonyl (C=O) groups excluding carboxylic acids is 2. The highest BCUT2D eigenvalue weighted by Gasteiger charge is 2.35. The van der Waals surface area contributed by atoms with Crippen LogP contribution in [0.3, 0.4) is 0 Å². The van der Waals surface area contributed by atoms with E-state index in [0.717, 1.165) is 4.47 Å². The van der Waals surface area contributed by atoms with Crippen molar-refractivity contribution >= 4 is 44.9 Å². The maximum absolute atomic E-state index is 13.5. The Balaban J connectivity index is 1.94. The van der Waals surface area contributed by atoms with Crippen LogP contribution in [0.15, 0.2) is 22.7 Å². The van der Waals surface area contributed by atoms with Crippen molar-refractivity contribution in [3.05, 3.63) is 33.9 Å². The molecule has 1 aliphatic heterocycles. The number of ether oxygens (including phenoxy) is 1. The van der Waals surface area contributed by atoms with E-state index in [2.05, 4.69) is 21.2 Å². The van der Waals surface area contributed by atoms with Gasteiger partial charge in [-0.2, -0.15) is 0 Å². The number of halogens is 1. The summed E-state index contributed by atoms with van der Waals surface area (Å²) in [7, 11) is 0. The SMILES string of the molecule is CC(C)(C)OC(=O)N1CCC(NC(=O)c2c(C(C)(C)C)n(C(=O)O)c3ccc(Br)cc23)C1. The standard InChI is InChI=1S/C23H30BrN3O5/c1-22(2,3)18-17(15-11-13(24)7-8-16(15)27(18)20(29)30)19(28)25-14-9-10-26(12-14)21(31)32-23(4,5)6/h7-8,11,14H,9-10,12H2,1-6H3,(H,25,28)(H,29,30). The molecule has 2 amide bonds. The van der Waals surface area contributed by atoms with E-state index in [1.165, 1.54) is 4.57 Å². The maximum atomic E-state index is 13.5. The lowest BCUT2D eigenvalue weighted by atomic mass is 9.88. The van der Waals surface area contributed by atoms with Crippen LogP contribution in [0.2, 0.25) is 0 Å². The molecular formula is C23H30BrN3O5. The Morgan fingerprint density at radius 1 is 1.16 bits per heavy atom. The molecule has 2 heterocycles. The van der Waals surface area contributed by atoms with Gasteiger partial charge in [-0.05, 0) is 45.4 Å². The van der Waals surface area contributed by atoms with Crippen molar-refractivity contribution in [1.29, 1.82) is 0 Å². The Labute approximate surface area is 196 Å². The summed E-state index contributed by atoms with van der Waals surface area (Å²) in [4.78, 5) is 39.5. The first-order valence-corrected chi connectivity index (χ1v) is 11.3. The van der Waals surface area contributed by atoms with Crippen molar-refractivity contribution in [1.82, 2.24) is 14.8 Å². The van der Waals surface area contributed by atoms with E-state index >= 15 is 0 Å². The van der Waals surface area contributed by atoms with Gasteiger partial charge in [0.25, 0.3) is 5.91 Å². The number of carbonyl (C=O) groups is 3. The van der Waals surface area contributed by atoms with Gasteiger partial charge in [0.2, 0.25) is 0 Å². The first-order valence-electron chi connectivity index (χ1n) is 10.6. The molecule has 32 heavy (non-hydrogen) atoms. The van der Waals surface area contributed by atoms with E-state index in [4.69, 9.17) is 4.74 Å².